The molecule has 0 aliphatic carbocycles. The molecule has 6 heteroatoms. The third kappa shape index (κ3) is 3.85. The maximum absolute atomic E-state index is 12.4. The van der Waals surface area contributed by atoms with E-state index >= 15 is 0 Å². The Labute approximate surface area is 159 Å². The molecule has 0 aromatic heterocycles. The van der Waals surface area contributed by atoms with Crippen molar-refractivity contribution in [3.8, 4) is 11.5 Å². The van der Waals surface area contributed by atoms with Crippen LogP contribution >= 0.6 is 0 Å². The molecular formula is C21H26N3O3+. The number of fused-ring (bicyclic) bond motifs is 1. The molecule has 2 aliphatic rings. The number of hydrogen-bond donors (Lipinski definition) is 2. The van der Waals surface area contributed by atoms with Crippen LogP contribution in [-0.2, 0) is 4.79 Å². The van der Waals surface area contributed by atoms with E-state index < -0.39 is 0 Å². The molecule has 1 saturated heterocycles. The number of anilines is 2. The maximum atomic E-state index is 12.4. The Hall–Kier alpha value is -2.73. The summed E-state index contributed by atoms with van der Waals surface area (Å²) >= 11 is 0. The average Bonchev–Trinajstić information content (AvgIpc) is 3.12. The number of nitrogens with one attached hydrogen (secondary N) is 2. The fraction of sp³-hybridized carbons (Fsp3) is 0.381. The van der Waals surface area contributed by atoms with Gasteiger partial charge in [-0.25, -0.2) is 0 Å². The summed E-state index contributed by atoms with van der Waals surface area (Å²) in [4.78, 5) is 16.2. The Kier molecular flexibility index (Phi) is 4.90. The zero-order valence-electron chi connectivity index (χ0n) is 15.9. The molecule has 142 valence electrons. The van der Waals surface area contributed by atoms with Gasteiger partial charge in [0, 0.05) is 17.4 Å². The summed E-state index contributed by atoms with van der Waals surface area (Å²) in [5.41, 5.74) is 4.74. The predicted molar refractivity (Wildman–Crippen MR) is 105 cm³/mol. The fourth-order valence-corrected chi connectivity index (χ4v) is 3.73. The van der Waals surface area contributed by atoms with E-state index in [9.17, 15) is 4.79 Å². The quantitative estimate of drug-likeness (QED) is 0.856. The number of carbonyl (C=O) groups is 1. The smallest absolute Gasteiger partial charge is 0.279 e. The van der Waals surface area contributed by atoms with Crippen LogP contribution in [0.3, 0.4) is 0 Å². The zero-order valence-corrected chi connectivity index (χ0v) is 15.9. The van der Waals surface area contributed by atoms with Crippen molar-refractivity contribution in [1.29, 1.82) is 0 Å². The number of carbonyl (C=O) groups excluding carboxylic acids is 1. The molecule has 4 rings (SSSR count). The Morgan fingerprint density at radius 1 is 1.11 bits per heavy atom. The van der Waals surface area contributed by atoms with Crippen molar-refractivity contribution in [2.75, 3.05) is 49.7 Å². The van der Waals surface area contributed by atoms with Crippen LogP contribution < -0.4 is 24.6 Å². The zero-order chi connectivity index (χ0) is 18.8. The number of piperazine rings is 1. The summed E-state index contributed by atoms with van der Waals surface area (Å²) in [7, 11) is 0. The van der Waals surface area contributed by atoms with Crippen molar-refractivity contribution in [2.24, 2.45) is 0 Å². The van der Waals surface area contributed by atoms with Gasteiger partial charge in [-0.3, -0.25) is 4.79 Å². The number of aryl methyl sites for hydroxylation is 1. The highest BCUT2D eigenvalue weighted by Gasteiger charge is 2.23. The molecule has 2 aromatic rings. The van der Waals surface area contributed by atoms with E-state index in [1.54, 1.807) is 0 Å². The van der Waals surface area contributed by atoms with Crippen LogP contribution in [0.5, 0.6) is 11.5 Å². The van der Waals surface area contributed by atoms with E-state index in [0.717, 1.165) is 37.6 Å². The molecule has 1 amide bonds. The Bertz CT molecular complexity index is 845. The lowest BCUT2D eigenvalue weighted by atomic mass is 10.1. The summed E-state index contributed by atoms with van der Waals surface area (Å²) in [5.74, 6) is 1.44. The molecule has 6 nitrogen and oxygen atoms in total. The molecular weight excluding hydrogens is 342 g/mol. The molecule has 2 N–H and O–H groups in total. The third-order valence-electron chi connectivity index (χ3n) is 5.45. The van der Waals surface area contributed by atoms with Crippen molar-refractivity contribution in [3.63, 3.8) is 0 Å². The largest absolute Gasteiger partial charge is 0.454 e. The molecule has 0 saturated carbocycles. The van der Waals surface area contributed by atoms with Gasteiger partial charge in [-0.1, -0.05) is 12.1 Å². The van der Waals surface area contributed by atoms with Crippen LogP contribution in [0.1, 0.15) is 11.1 Å². The van der Waals surface area contributed by atoms with Crippen molar-refractivity contribution >= 4 is 17.3 Å². The highest BCUT2D eigenvalue weighted by molar-refractivity contribution is 5.91. The minimum atomic E-state index is 0.0315. The molecule has 0 bridgehead atoms. The summed E-state index contributed by atoms with van der Waals surface area (Å²) < 4.78 is 10.7. The van der Waals surface area contributed by atoms with Gasteiger partial charge in [-0.2, -0.15) is 0 Å². The lowest BCUT2D eigenvalue weighted by Gasteiger charge is -2.34. The van der Waals surface area contributed by atoms with Crippen LogP contribution in [0.2, 0.25) is 0 Å². The molecule has 0 spiro atoms. The Balaban J connectivity index is 1.30. The molecule has 0 atom stereocenters. The van der Waals surface area contributed by atoms with Gasteiger partial charge in [-0.05, 0) is 43.2 Å². The van der Waals surface area contributed by atoms with Gasteiger partial charge >= 0.3 is 0 Å². The first-order valence-electron chi connectivity index (χ1n) is 9.44. The second-order valence-electron chi connectivity index (χ2n) is 7.25. The standard InChI is InChI=1S/C21H25N3O3/c1-15-4-3-5-18(16(15)2)24-10-8-23(9-11-24)13-21(25)22-17-6-7-19-20(12-17)27-14-26-19/h3-7,12H,8-11,13-14H2,1-2H3,(H,22,25)/p+1. The van der Waals surface area contributed by atoms with Gasteiger partial charge in [0.15, 0.2) is 18.0 Å². The average molecular weight is 368 g/mol. The molecule has 27 heavy (non-hydrogen) atoms. The number of ether oxygens (including phenoxy) is 2. The number of benzene rings is 2. The number of hydrogen-bond acceptors (Lipinski definition) is 4. The predicted octanol–water partition coefficient (Wildman–Crippen LogP) is 1.38. The van der Waals surface area contributed by atoms with Crippen LogP contribution in [0.15, 0.2) is 36.4 Å². The van der Waals surface area contributed by atoms with Gasteiger partial charge in [0.2, 0.25) is 6.79 Å². The number of amides is 1. The summed E-state index contributed by atoms with van der Waals surface area (Å²) in [6, 6.07) is 12.0. The van der Waals surface area contributed by atoms with E-state index in [4.69, 9.17) is 9.47 Å². The van der Waals surface area contributed by atoms with Crippen molar-refractivity contribution < 1.29 is 19.2 Å². The highest BCUT2D eigenvalue weighted by Crippen LogP contribution is 2.34. The van der Waals surface area contributed by atoms with Gasteiger partial charge in [-0.15, -0.1) is 0 Å². The second-order valence-corrected chi connectivity index (χ2v) is 7.25. The lowest BCUT2D eigenvalue weighted by molar-refractivity contribution is -0.892. The number of quaternary nitrogens is 1. The summed E-state index contributed by atoms with van der Waals surface area (Å²) in [6.07, 6.45) is 0. The van der Waals surface area contributed by atoms with Crippen molar-refractivity contribution in [3.05, 3.63) is 47.5 Å². The minimum Gasteiger partial charge on any atom is -0.454 e. The van der Waals surface area contributed by atoms with Gasteiger partial charge in [0.25, 0.3) is 5.91 Å². The Morgan fingerprint density at radius 2 is 1.89 bits per heavy atom. The lowest BCUT2D eigenvalue weighted by Crippen LogP contribution is -3.15. The Morgan fingerprint density at radius 3 is 2.70 bits per heavy atom. The molecule has 2 aliphatic heterocycles. The number of nitrogens with zero attached hydrogens (tertiary/aromatic N) is 1. The van der Waals surface area contributed by atoms with E-state index in [-0.39, 0.29) is 12.7 Å². The fourth-order valence-electron chi connectivity index (χ4n) is 3.73. The molecule has 0 unspecified atom stereocenters. The first-order valence-corrected chi connectivity index (χ1v) is 9.44. The van der Waals surface area contributed by atoms with E-state index in [1.165, 1.54) is 21.7 Å². The summed E-state index contributed by atoms with van der Waals surface area (Å²) in [6.45, 7) is 8.91. The SMILES string of the molecule is Cc1cccc(N2CC[NH+](CC(=O)Nc3ccc4c(c3)OCO4)CC2)c1C. The highest BCUT2D eigenvalue weighted by atomic mass is 16.7. The van der Waals surface area contributed by atoms with Gasteiger partial charge < -0.3 is 24.6 Å². The normalized spacial score (nSPS) is 16.4. The second kappa shape index (κ2) is 7.48. The number of rotatable bonds is 4. The van der Waals surface area contributed by atoms with Crippen molar-refractivity contribution in [2.45, 2.75) is 13.8 Å². The van der Waals surface area contributed by atoms with Gasteiger partial charge in [0.05, 0.1) is 26.2 Å². The first-order chi connectivity index (χ1) is 13.1. The van der Waals surface area contributed by atoms with E-state index in [2.05, 4.69) is 42.3 Å². The maximum Gasteiger partial charge on any atom is 0.279 e. The van der Waals surface area contributed by atoms with Crippen LogP contribution in [-0.4, -0.2) is 45.4 Å². The topological polar surface area (TPSA) is 55.2 Å². The minimum absolute atomic E-state index is 0.0315. The first kappa shape index (κ1) is 17.7. The molecule has 2 aromatic carbocycles. The molecule has 1 fully saturated rings. The van der Waals surface area contributed by atoms with Crippen LogP contribution in [0.25, 0.3) is 0 Å². The summed E-state index contributed by atoms with van der Waals surface area (Å²) in [5, 5.41) is 2.97. The van der Waals surface area contributed by atoms with Crippen LogP contribution in [0.4, 0.5) is 11.4 Å². The van der Waals surface area contributed by atoms with E-state index in [1.807, 2.05) is 18.2 Å². The van der Waals surface area contributed by atoms with E-state index in [0.29, 0.717) is 12.3 Å². The van der Waals surface area contributed by atoms with Crippen molar-refractivity contribution in [1.82, 2.24) is 0 Å². The monoisotopic (exact) mass is 368 g/mol. The molecule has 0 radical (unpaired) electrons. The van der Waals surface area contributed by atoms with Crippen LogP contribution in [0, 0.1) is 13.8 Å². The third-order valence-corrected chi connectivity index (χ3v) is 5.45. The molecule has 2 heterocycles. The van der Waals surface area contributed by atoms with Gasteiger partial charge in [0.1, 0.15) is 0 Å².